The van der Waals surface area contributed by atoms with Crippen molar-refractivity contribution in [1.82, 2.24) is 5.32 Å². The lowest BCUT2D eigenvalue weighted by molar-refractivity contribution is 0.0450. The number of rotatable bonds is 6. The summed E-state index contributed by atoms with van der Waals surface area (Å²) in [5.41, 5.74) is 0.950. The number of hydrogen-bond donors (Lipinski definition) is 1. The predicted octanol–water partition coefficient (Wildman–Crippen LogP) is 3.51. The minimum Gasteiger partial charge on any atom is -0.459 e. The molecule has 3 heteroatoms. The second-order valence-corrected chi connectivity index (χ2v) is 5.26. The molecule has 3 rings (SSSR count). The first kappa shape index (κ1) is 12.7. The zero-order valence-corrected chi connectivity index (χ0v) is 11.6. The van der Waals surface area contributed by atoms with Crippen molar-refractivity contribution in [2.45, 2.75) is 31.9 Å². The van der Waals surface area contributed by atoms with Crippen molar-refractivity contribution in [2.24, 2.45) is 5.92 Å². The van der Waals surface area contributed by atoms with Gasteiger partial charge in [-0.05, 0) is 37.4 Å². The third-order valence-corrected chi connectivity index (χ3v) is 3.86. The number of nitrogens with one attached hydrogen (secondary N) is 1. The highest BCUT2D eigenvalue weighted by Crippen LogP contribution is 2.40. The van der Waals surface area contributed by atoms with Crippen LogP contribution in [0.5, 0.6) is 0 Å². The number of hydrogen-bond acceptors (Lipinski definition) is 3. The molecule has 0 spiro atoms. The molecule has 2 atom stereocenters. The molecule has 0 bridgehead atoms. The van der Waals surface area contributed by atoms with Crippen molar-refractivity contribution >= 4 is 11.0 Å². The average Bonchev–Trinajstić information content (AvgIpc) is 3.17. The van der Waals surface area contributed by atoms with Gasteiger partial charge in [0.2, 0.25) is 0 Å². The number of fused-ring (bicyclic) bond motifs is 1. The highest BCUT2D eigenvalue weighted by Gasteiger charge is 2.38. The van der Waals surface area contributed by atoms with Crippen LogP contribution < -0.4 is 5.32 Å². The molecule has 1 saturated carbocycles. The van der Waals surface area contributed by atoms with E-state index in [0.717, 1.165) is 23.3 Å². The van der Waals surface area contributed by atoms with Gasteiger partial charge in [0.25, 0.3) is 0 Å². The molecule has 1 fully saturated rings. The quantitative estimate of drug-likeness (QED) is 0.862. The lowest BCUT2D eigenvalue weighted by Gasteiger charge is -2.25. The fourth-order valence-corrected chi connectivity index (χ4v) is 2.78. The lowest BCUT2D eigenvalue weighted by atomic mass is 10.0. The Morgan fingerprint density at radius 2 is 2.16 bits per heavy atom. The monoisotopic (exact) mass is 259 g/mol. The van der Waals surface area contributed by atoms with Crippen LogP contribution >= 0.6 is 0 Å². The molecule has 1 aliphatic rings. The Hall–Kier alpha value is -1.32. The largest absolute Gasteiger partial charge is 0.459 e. The summed E-state index contributed by atoms with van der Waals surface area (Å²) in [6.07, 6.45) is 2.74. The molecule has 0 saturated heterocycles. The summed E-state index contributed by atoms with van der Waals surface area (Å²) in [6, 6.07) is 10.4. The van der Waals surface area contributed by atoms with Crippen LogP contribution in [0, 0.1) is 5.92 Å². The summed E-state index contributed by atoms with van der Waals surface area (Å²) in [5, 5.41) is 4.67. The molecule has 1 aromatic carbocycles. The van der Waals surface area contributed by atoms with E-state index in [1.54, 1.807) is 7.11 Å². The van der Waals surface area contributed by atoms with Crippen LogP contribution in [-0.4, -0.2) is 19.8 Å². The Morgan fingerprint density at radius 1 is 1.37 bits per heavy atom. The number of furan rings is 1. The van der Waals surface area contributed by atoms with Crippen LogP contribution in [0.3, 0.4) is 0 Å². The van der Waals surface area contributed by atoms with Crippen LogP contribution in [-0.2, 0) is 4.74 Å². The second-order valence-electron chi connectivity index (χ2n) is 5.26. The van der Waals surface area contributed by atoms with Gasteiger partial charge in [-0.15, -0.1) is 0 Å². The van der Waals surface area contributed by atoms with Crippen LogP contribution in [0.25, 0.3) is 11.0 Å². The van der Waals surface area contributed by atoms with E-state index in [9.17, 15) is 0 Å². The fourth-order valence-electron chi connectivity index (χ4n) is 2.78. The topological polar surface area (TPSA) is 34.4 Å². The van der Waals surface area contributed by atoms with Crippen LogP contribution in [0.4, 0.5) is 0 Å². The molecule has 1 aliphatic carbocycles. The maximum Gasteiger partial charge on any atom is 0.134 e. The number of ether oxygens (including phenoxy) is 1. The zero-order valence-electron chi connectivity index (χ0n) is 11.6. The van der Waals surface area contributed by atoms with Gasteiger partial charge in [-0.25, -0.2) is 0 Å². The third-order valence-electron chi connectivity index (χ3n) is 3.86. The third kappa shape index (κ3) is 2.53. The number of benzene rings is 1. The van der Waals surface area contributed by atoms with Gasteiger partial charge >= 0.3 is 0 Å². The van der Waals surface area contributed by atoms with E-state index in [4.69, 9.17) is 9.15 Å². The summed E-state index contributed by atoms with van der Waals surface area (Å²) in [6.45, 7) is 3.03. The Kier molecular flexibility index (Phi) is 3.58. The van der Waals surface area contributed by atoms with E-state index in [0.29, 0.717) is 5.92 Å². The summed E-state index contributed by atoms with van der Waals surface area (Å²) in [4.78, 5) is 0. The van der Waals surface area contributed by atoms with Gasteiger partial charge in [-0.2, -0.15) is 0 Å². The first-order chi connectivity index (χ1) is 9.33. The minimum absolute atomic E-state index is 0.148. The Morgan fingerprint density at radius 3 is 2.79 bits per heavy atom. The normalized spacial score (nSPS) is 18.6. The first-order valence-corrected chi connectivity index (χ1v) is 7.08. The molecule has 0 amide bonds. The molecular formula is C16H21NO2. The van der Waals surface area contributed by atoms with Crippen molar-refractivity contribution in [3.63, 3.8) is 0 Å². The second kappa shape index (κ2) is 5.35. The minimum atomic E-state index is 0.148. The van der Waals surface area contributed by atoms with Crippen molar-refractivity contribution in [1.29, 1.82) is 0 Å². The molecular weight excluding hydrogens is 238 g/mol. The summed E-state index contributed by atoms with van der Waals surface area (Å²) in [5.74, 6) is 1.66. The summed E-state index contributed by atoms with van der Waals surface area (Å²) >= 11 is 0. The molecule has 1 heterocycles. The first-order valence-electron chi connectivity index (χ1n) is 7.08. The van der Waals surface area contributed by atoms with E-state index >= 15 is 0 Å². The smallest absolute Gasteiger partial charge is 0.134 e. The molecule has 1 N–H and O–H groups in total. The van der Waals surface area contributed by atoms with E-state index < -0.39 is 0 Å². The van der Waals surface area contributed by atoms with E-state index in [2.05, 4.69) is 24.4 Å². The lowest BCUT2D eigenvalue weighted by Crippen LogP contribution is -2.34. The number of methoxy groups -OCH3 is 1. The molecule has 0 aliphatic heterocycles. The number of likely N-dealkylation sites (N-methyl/N-ethyl adjacent to an activating group) is 1. The molecule has 3 nitrogen and oxygen atoms in total. The molecule has 19 heavy (non-hydrogen) atoms. The van der Waals surface area contributed by atoms with Crippen molar-refractivity contribution < 1.29 is 9.15 Å². The van der Waals surface area contributed by atoms with Crippen molar-refractivity contribution in [2.75, 3.05) is 13.7 Å². The average molecular weight is 259 g/mol. The van der Waals surface area contributed by atoms with Crippen LogP contribution in [0.15, 0.2) is 34.7 Å². The van der Waals surface area contributed by atoms with Crippen molar-refractivity contribution in [3.8, 4) is 0 Å². The summed E-state index contributed by atoms with van der Waals surface area (Å²) < 4.78 is 11.7. The highest BCUT2D eigenvalue weighted by atomic mass is 16.5. The maximum atomic E-state index is 6.00. The molecule has 102 valence electrons. The van der Waals surface area contributed by atoms with E-state index in [1.807, 2.05) is 18.2 Å². The van der Waals surface area contributed by atoms with Crippen LogP contribution in [0.2, 0.25) is 0 Å². The van der Waals surface area contributed by atoms with Gasteiger partial charge in [0.15, 0.2) is 0 Å². The molecule has 1 aromatic heterocycles. The highest BCUT2D eigenvalue weighted by molar-refractivity contribution is 5.77. The van der Waals surface area contributed by atoms with Gasteiger partial charge in [-0.1, -0.05) is 25.1 Å². The van der Waals surface area contributed by atoms with E-state index in [-0.39, 0.29) is 12.1 Å². The van der Waals surface area contributed by atoms with E-state index in [1.165, 1.54) is 12.8 Å². The molecule has 0 radical (unpaired) electrons. The predicted molar refractivity (Wildman–Crippen MR) is 76.2 cm³/mol. The molecule has 2 aromatic rings. The Labute approximate surface area is 113 Å². The van der Waals surface area contributed by atoms with Gasteiger partial charge in [-0.3, -0.25) is 0 Å². The maximum absolute atomic E-state index is 6.00. The van der Waals surface area contributed by atoms with Crippen LogP contribution in [0.1, 0.15) is 31.6 Å². The van der Waals surface area contributed by atoms with Crippen molar-refractivity contribution in [3.05, 3.63) is 36.1 Å². The zero-order chi connectivity index (χ0) is 13.2. The van der Waals surface area contributed by atoms with Gasteiger partial charge in [0.05, 0.1) is 12.1 Å². The van der Waals surface area contributed by atoms with Gasteiger partial charge in [0.1, 0.15) is 11.3 Å². The SMILES string of the molecule is CCNC(c1cc2ccccc2o1)C(OC)C1CC1. The fraction of sp³-hybridized carbons (Fsp3) is 0.500. The Balaban J connectivity index is 1.93. The van der Waals surface area contributed by atoms with Gasteiger partial charge < -0.3 is 14.5 Å². The summed E-state index contributed by atoms with van der Waals surface area (Å²) in [7, 11) is 1.80. The van der Waals surface area contributed by atoms with Gasteiger partial charge in [0, 0.05) is 12.5 Å². The molecule has 2 unspecified atom stereocenters. The standard InChI is InChI=1S/C16H21NO2/c1-3-17-15(16(18-2)11-8-9-11)14-10-12-6-4-5-7-13(12)19-14/h4-7,10-11,15-17H,3,8-9H2,1-2H3. The number of para-hydroxylation sites is 1. The Bertz CT molecular complexity index is 511.